The van der Waals surface area contributed by atoms with Gasteiger partial charge in [-0.25, -0.2) is 0 Å². The topological polar surface area (TPSA) is 0 Å². The van der Waals surface area contributed by atoms with E-state index in [1.54, 1.807) is 0 Å². The first kappa shape index (κ1) is 17.0. The van der Waals surface area contributed by atoms with Crippen molar-refractivity contribution in [1.29, 1.82) is 0 Å². The van der Waals surface area contributed by atoms with E-state index in [1.807, 2.05) is 0 Å². The van der Waals surface area contributed by atoms with E-state index in [1.165, 1.54) is 28.7 Å². The Morgan fingerprint density at radius 1 is 0.955 bits per heavy atom. The standard InChI is InChI=1S/C21H27P/c1-17-9-10-19(12-11-18-7-5-4-6-8-18)15-20(17)13-14-21(2,3)16-22/h4-12,15H,13-14,16,22H2,1-3H3/b12-11+. The molecule has 2 aromatic rings. The van der Waals surface area contributed by atoms with Crippen molar-refractivity contribution in [2.45, 2.75) is 33.6 Å². The van der Waals surface area contributed by atoms with Gasteiger partial charge in [-0.1, -0.05) is 74.5 Å². The maximum atomic E-state index is 2.88. The highest BCUT2D eigenvalue weighted by atomic mass is 31.0. The van der Waals surface area contributed by atoms with Gasteiger partial charge < -0.3 is 0 Å². The van der Waals surface area contributed by atoms with Crippen LogP contribution in [0.4, 0.5) is 0 Å². The Morgan fingerprint density at radius 3 is 2.32 bits per heavy atom. The molecule has 1 heteroatoms. The fourth-order valence-electron chi connectivity index (χ4n) is 2.40. The van der Waals surface area contributed by atoms with E-state index in [-0.39, 0.29) is 0 Å². The smallest absolute Gasteiger partial charge is 0.0254 e. The average molecular weight is 310 g/mol. The first-order valence-corrected chi connectivity index (χ1v) is 8.84. The Balaban J connectivity index is 2.11. The van der Waals surface area contributed by atoms with Crippen LogP contribution < -0.4 is 0 Å². The molecule has 0 bridgehead atoms. The summed E-state index contributed by atoms with van der Waals surface area (Å²) >= 11 is 0. The molecule has 0 aromatic heterocycles. The molecule has 0 spiro atoms. The van der Waals surface area contributed by atoms with Crippen molar-refractivity contribution in [1.82, 2.24) is 0 Å². The Labute approximate surface area is 137 Å². The summed E-state index contributed by atoms with van der Waals surface area (Å²) in [4.78, 5) is 0. The quantitative estimate of drug-likeness (QED) is 0.453. The van der Waals surface area contributed by atoms with E-state index < -0.39 is 0 Å². The molecule has 0 aliphatic heterocycles. The van der Waals surface area contributed by atoms with E-state index in [0.29, 0.717) is 5.41 Å². The molecular weight excluding hydrogens is 283 g/mol. The third-order valence-corrected chi connectivity index (χ3v) is 5.37. The van der Waals surface area contributed by atoms with Gasteiger partial charge in [-0.3, -0.25) is 0 Å². The largest absolute Gasteiger partial charge is 0.137 e. The molecule has 0 saturated heterocycles. The minimum absolute atomic E-state index is 0.396. The Hall–Kier alpha value is -1.39. The summed E-state index contributed by atoms with van der Waals surface area (Å²) in [5.41, 5.74) is 5.80. The van der Waals surface area contributed by atoms with Gasteiger partial charge in [0.25, 0.3) is 0 Å². The molecule has 22 heavy (non-hydrogen) atoms. The van der Waals surface area contributed by atoms with Crippen LogP contribution in [-0.4, -0.2) is 6.16 Å². The minimum Gasteiger partial charge on any atom is -0.137 e. The van der Waals surface area contributed by atoms with Gasteiger partial charge in [0.1, 0.15) is 0 Å². The Morgan fingerprint density at radius 2 is 1.64 bits per heavy atom. The van der Waals surface area contributed by atoms with Crippen molar-refractivity contribution in [2.24, 2.45) is 5.41 Å². The molecule has 0 nitrogen and oxygen atoms in total. The molecule has 116 valence electrons. The summed E-state index contributed by atoms with van der Waals surface area (Å²) in [6, 6.07) is 17.3. The molecule has 2 rings (SSSR count). The molecule has 0 heterocycles. The van der Waals surface area contributed by atoms with Gasteiger partial charge in [0.15, 0.2) is 0 Å². The van der Waals surface area contributed by atoms with E-state index >= 15 is 0 Å². The lowest BCUT2D eigenvalue weighted by Crippen LogP contribution is -2.14. The van der Waals surface area contributed by atoms with Crippen molar-refractivity contribution >= 4 is 21.4 Å². The van der Waals surface area contributed by atoms with Gasteiger partial charge in [-0.15, -0.1) is 9.24 Å². The van der Waals surface area contributed by atoms with Crippen LogP contribution in [0.5, 0.6) is 0 Å². The highest BCUT2D eigenvalue weighted by Crippen LogP contribution is 2.26. The van der Waals surface area contributed by atoms with Crippen LogP contribution in [0.25, 0.3) is 12.2 Å². The summed E-state index contributed by atoms with van der Waals surface area (Å²) in [7, 11) is 2.88. The lowest BCUT2D eigenvalue weighted by atomic mass is 9.87. The Bertz CT molecular complexity index is 624. The van der Waals surface area contributed by atoms with Crippen molar-refractivity contribution in [3.05, 3.63) is 70.8 Å². The predicted molar refractivity (Wildman–Crippen MR) is 103 cm³/mol. The first-order chi connectivity index (χ1) is 10.5. The van der Waals surface area contributed by atoms with Crippen molar-refractivity contribution in [3.63, 3.8) is 0 Å². The zero-order valence-electron chi connectivity index (χ0n) is 14.0. The fraction of sp³-hybridized carbons (Fsp3) is 0.333. The normalized spacial score (nSPS) is 12.0. The van der Waals surface area contributed by atoms with Crippen LogP contribution in [0.3, 0.4) is 0 Å². The van der Waals surface area contributed by atoms with Gasteiger partial charge in [0, 0.05) is 0 Å². The number of hydrogen-bond acceptors (Lipinski definition) is 0. The molecule has 0 fully saturated rings. The maximum Gasteiger partial charge on any atom is -0.0254 e. The zero-order valence-corrected chi connectivity index (χ0v) is 15.1. The van der Waals surface area contributed by atoms with Gasteiger partial charge >= 0.3 is 0 Å². The third-order valence-electron chi connectivity index (χ3n) is 4.26. The van der Waals surface area contributed by atoms with Crippen LogP contribution in [0.15, 0.2) is 48.5 Å². The fourth-order valence-corrected chi connectivity index (χ4v) is 2.60. The second kappa shape index (κ2) is 7.75. The van der Waals surface area contributed by atoms with Crippen molar-refractivity contribution in [2.75, 3.05) is 6.16 Å². The minimum atomic E-state index is 0.396. The summed E-state index contributed by atoms with van der Waals surface area (Å²) < 4.78 is 0. The summed E-state index contributed by atoms with van der Waals surface area (Å²) in [6.07, 6.45) is 7.92. The molecule has 2 aromatic carbocycles. The monoisotopic (exact) mass is 310 g/mol. The molecular formula is C21H27P. The lowest BCUT2D eigenvalue weighted by molar-refractivity contribution is 0.387. The molecule has 0 N–H and O–H groups in total. The van der Waals surface area contributed by atoms with Gasteiger partial charge in [-0.05, 0) is 53.6 Å². The molecule has 1 atom stereocenters. The van der Waals surface area contributed by atoms with Gasteiger partial charge in [-0.2, -0.15) is 0 Å². The molecule has 0 aliphatic rings. The molecule has 0 radical (unpaired) electrons. The number of hydrogen-bond donors (Lipinski definition) is 0. The summed E-state index contributed by atoms with van der Waals surface area (Å²) in [5, 5.41) is 0. The highest BCUT2D eigenvalue weighted by Gasteiger charge is 2.15. The average Bonchev–Trinajstić information content (AvgIpc) is 2.54. The van der Waals surface area contributed by atoms with E-state index in [4.69, 9.17) is 0 Å². The van der Waals surface area contributed by atoms with Crippen molar-refractivity contribution in [3.8, 4) is 0 Å². The highest BCUT2D eigenvalue weighted by molar-refractivity contribution is 7.16. The third kappa shape index (κ3) is 5.11. The second-order valence-corrected chi connectivity index (χ2v) is 7.21. The second-order valence-electron chi connectivity index (χ2n) is 6.80. The van der Waals surface area contributed by atoms with Crippen LogP contribution in [0.2, 0.25) is 0 Å². The number of rotatable bonds is 6. The number of aryl methyl sites for hydroxylation is 2. The van der Waals surface area contributed by atoms with E-state index in [2.05, 4.69) is 90.7 Å². The van der Waals surface area contributed by atoms with Crippen LogP contribution in [-0.2, 0) is 6.42 Å². The van der Waals surface area contributed by atoms with Crippen LogP contribution in [0, 0.1) is 12.3 Å². The first-order valence-electron chi connectivity index (χ1n) is 8.03. The summed E-state index contributed by atoms with van der Waals surface area (Å²) in [6.45, 7) is 6.90. The summed E-state index contributed by atoms with van der Waals surface area (Å²) in [5.74, 6) is 0. The number of benzene rings is 2. The molecule has 0 amide bonds. The van der Waals surface area contributed by atoms with Crippen molar-refractivity contribution < 1.29 is 0 Å². The van der Waals surface area contributed by atoms with E-state index in [0.717, 1.165) is 12.6 Å². The van der Waals surface area contributed by atoms with Gasteiger partial charge in [0.05, 0.1) is 0 Å². The van der Waals surface area contributed by atoms with E-state index in [9.17, 15) is 0 Å². The SMILES string of the molecule is Cc1ccc(/C=C/c2ccccc2)cc1CCC(C)(C)CP. The van der Waals surface area contributed by atoms with Crippen LogP contribution >= 0.6 is 9.24 Å². The zero-order chi connectivity index (χ0) is 16.0. The Kier molecular flexibility index (Phi) is 5.98. The molecule has 1 unspecified atom stereocenters. The molecule has 0 saturated carbocycles. The van der Waals surface area contributed by atoms with Crippen LogP contribution in [0.1, 0.15) is 42.5 Å². The maximum absolute atomic E-state index is 2.88. The molecule has 0 aliphatic carbocycles. The van der Waals surface area contributed by atoms with Gasteiger partial charge in [0.2, 0.25) is 0 Å². The lowest BCUT2D eigenvalue weighted by Gasteiger charge is -2.22. The predicted octanol–water partition coefficient (Wildman–Crippen LogP) is 6.00.